The minimum atomic E-state index is -0.963. The largest absolute Gasteiger partial charge is 0.448 e. The summed E-state index contributed by atoms with van der Waals surface area (Å²) >= 11 is 0. The molecule has 2 bridgehead atoms. The van der Waals surface area contributed by atoms with Gasteiger partial charge in [-0.3, -0.25) is 4.68 Å². The molecule has 3 aliphatic rings. The second-order valence-corrected chi connectivity index (χ2v) is 11.4. The Bertz CT molecular complexity index is 1210. The molecule has 3 heterocycles. The molecule has 1 aromatic heterocycles. The van der Waals surface area contributed by atoms with Crippen molar-refractivity contribution in [2.24, 2.45) is 0 Å². The highest BCUT2D eigenvalue weighted by molar-refractivity contribution is 5.79. The smallest absolute Gasteiger partial charge is 0.410 e. The van der Waals surface area contributed by atoms with Gasteiger partial charge in [0.2, 0.25) is 0 Å². The summed E-state index contributed by atoms with van der Waals surface area (Å²) in [6.45, 7) is 6.61. The van der Waals surface area contributed by atoms with Crippen molar-refractivity contribution < 1.29 is 14.6 Å². The lowest BCUT2D eigenvalue weighted by Gasteiger charge is -2.43. The Morgan fingerprint density at radius 2 is 1.60 bits per heavy atom. The van der Waals surface area contributed by atoms with Gasteiger partial charge in [-0.1, -0.05) is 48.5 Å². The molecule has 35 heavy (non-hydrogen) atoms. The molecule has 182 valence electrons. The van der Waals surface area contributed by atoms with Gasteiger partial charge in [0.05, 0.1) is 17.3 Å². The fraction of sp³-hybridized carbons (Fsp3) is 0.448. The predicted molar refractivity (Wildman–Crippen MR) is 134 cm³/mol. The number of fused-ring (bicyclic) bond motifs is 5. The van der Waals surface area contributed by atoms with Crippen LogP contribution in [0.4, 0.5) is 4.79 Å². The highest BCUT2D eigenvalue weighted by Gasteiger charge is 2.51. The van der Waals surface area contributed by atoms with Gasteiger partial charge >= 0.3 is 6.09 Å². The zero-order valence-corrected chi connectivity index (χ0v) is 20.6. The first-order valence-electron chi connectivity index (χ1n) is 12.7. The number of carbonyl (C=O) groups excluding carboxylic acids is 1. The maximum absolute atomic E-state index is 13.3. The van der Waals surface area contributed by atoms with Gasteiger partial charge in [-0.25, -0.2) is 4.79 Å². The van der Waals surface area contributed by atoms with E-state index in [-0.39, 0.29) is 29.6 Å². The maximum Gasteiger partial charge on any atom is 0.410 e. The number of hydrogen-bond acceptors (Lipinski definition) is 4. The molecule has 2 saturated heterocycles. The molecule has 0 spiro atoms. The van der Waals surface area contributed by atoms with E-state index in [0.717, 1.165) is 18.4 Å². The molecular weight excluding hydrogens is 438 g/mol. The molecule has 2 atom stereocenters. The number of piperidine rings is 1. The molecule has 0 radical (unpaired) electrons. The van der Waals surface area contributed by atoms with Gasteiger partial charge in [0.15, 0.2) is 0 Å². The molecular formula is C29H33N3O3. The average molecular weight is 472 g/mol. The number of aromatic nitrogens is 2. The van der Waals surface area contributed by atoms with Gasteiger partial charge in [-0.15, -0.1) is 0 Å². The highest BCUT2D eigenvalue weighted by Crippen LogP contribution is 2.47. The summed E-state index contributed by atoms with van der Waals surface area (Å²) in [6.07, 6.45) is 6.31. The van der Waals surface area contributed by atoms with Crippen LogP contribution >= 0.6 is 0 Å². The van der Waals surface area contributed by atoms with Crippen LogP contribution in [0, 0.1) is 0 Å². The Balaban J connectivity index is 1.17. The molecule has 2 unspecified atom stereocenters. The Morgan fingerprint density at radius 1 is 1.03 bits per heavy atom. The molecule has 2 aromatic carbocycles. The van der Waals surface area contributed by atoms with Crippen LogP contribution in [0.15, 0.2) is 60.9 Å². The third-order valence-electron chi connectivity index (χ3n) is 8.12. The second-order valence-electron chi connectivity index (χ2n) is 11.4. The number of ether oxygens (including phenoxy) is 1. The third kappa shape index (κ3) is 3.66. The van der Waals surface area contributed by atoms with E-state index in [1.165, 1.54) is 22.3 Å². The molecule has 6 heteroatoms. The Labute approximate surface area is 206 Å². The summed E-state index contributed by atoms with van der Waals surface area (Å²) in [5.41, 5.74) is 4.62. The Morgan fingerprint density at radius 3 is 2.14 bits per heavy atom. The summed E-state index contributed by atoms with van der Waals surface area (Å²) < 4.78 is 7.87. The predicted octanol–water partition coefficient (Wildman–Crippen LogP) is 5.40. The normalized spacial score (nSPS) is 25.4. The molecule has 2 fully saturated rings. The molecule has 1 amide bonds. The van der Waals surface area contributed by atoms with Gasteiger partial charge in [-0.2, -0.15) is 5.10 Å². The van der Waals surface area contributed by atoms with Crippen molar-refractivity contribution in [2.45, 2.75) is 75.6 Å². The number of carbonyl (C=O) groups is 1. The Kier molecular flexibility index (Phi) is 5.08. The topological polar surface area (TPSA) is 67.6 Å². The summed E-state index contributed by atoms with van der Waals surface area (Å²) in [7, 11) is 0. The minimum Gasteiger partial charge on any atom is -0.448 e. The zero-order valence-electron chi connectivity index (χ0n) is 20.6. The van der Waals surface area contributed by atoms with Crippen LogP contribution in [0.3, 0.4) is 0 Å². The molecule has 1 aliphatic carbocycles. The Hall–Kier alpha value is -3.12. The van der Waals surface area contributed by atoms with Crippen molar-refractivity contribution in [2.75, 3.05) is 6.61 Å². The first-order valence-corrected chi connectivity index (χ1v) is 12.7. The van der Waals surface area contributed by atoms with E-state index in [9.17, 15) is 9.90 Å². The van der Waals surface area contributed by atoms with E-state index in [1.54, 1.807) is 6.20 Å². The fourth-order valence-corrected chi connectivity index (χ4v) is 6.36. The number of rotatable bonds is 3. The van der Waals surface area contributed by atoms with Crippen molar-refractivity contribution in [1.82, 2.24) is 14.7 Å². The first-order chi connectivity index (χ1) is 16.7. The van der Waals surface area contributed by atoms with E-state index < -0.39 is 5.60 Å². The number of amides is 1. The number of nitrogens with zero attached hydrogens (tertiary/aromatic N) is 3. The van der Waals surface area contributed by atoms with E-state index in [0.29, 0.717) is 19.4 Å². The SMILES string of the molecule is CC(C)(C)n1cc(C2(O)CC3CCC(C2)N3C(=O)OCC2c3ccccc3-c3ccccc32)cn1. The monoisotopic (exact) mass is 471 g/mol. The molecule has 6 nitrogen and oxygen atoms in total. The molecule has 3 aromatic rings. The van der Waals surface area contributed by atoms with Crippen LogP contribution in [0.2, 0.25) is 0 Å². The van der Waals surface area contributed by atoms with E-state index in [1.807, 2.05) is 27.9 Å². The summed E-state index contributed by atoms with van der Waals surface area (Å²) in [4.78, 5) is 15.2. The summed E-state index contributed by atoms with van der Waals surface area (Å²) in [5, 5.41) is 16.1. The molecule has 0 saturated carbocycles. The van der Waals surface area contributed by atoms with Crippen LogP contribution in [0.1, 0.15) is 69.1 Å². The number of hydrogen-bond donors (Lipinski definition) is 1. The lowest BCUT2D eigenvalue weighted by molar-refractivity contribution is -0.0532. The van der Waals surface area contributed by atoms with Crippen LogP contribution in [0.5, 0.6) is 0 Å². The van der Waals surface area contributed by atoms with Gasteiger partial charge in [0.1, 0.15) is 6.61 Å². The standard InChI is InChI=1S/C29H33N3O3/c1-28(2,3)31-17-19(16-30-31)29(34)14-20-12-13-21(15-29)32(20)27(33)35-18-26-24-10-6-4-8-22(24)23-9-5-7-11-25(23)26/h4-11,16-17,20-21,26,34H,12-15,18H2,1-3H3. The van der Waals surface area contributed by atoms with Crippen molar-refractivity contribution in [3.8, 4) is 11.1 Å². The van der Waals surface area contributed by atoms with Gasteiger partial charge < -0.3 is 14.7 Å². The first kappa shape index (κ1) is 22.4. The maximum atomic E-state index is 13.3. The van der Waals surface area contributed by atoms with E-state index in [4.69, 9.17) is 4.74 Å². The lowest BCUT2D eigenvalue weighted by Crippen LogP contribution is -2.52. The zero-order chi connectivity index (χ0) is 24.4. The van der Waals surface area contributed by atoms with Crippen LogP contribution in [-0.4, -0.2) is 44.6 Å². The number of benzene rings is 2. The number of aliphatic hydroxyl groups is 1. The van der Waals surface area contributed by atoms with Crippen molar-refractivity contribution in [3.63, 3.8) is 0 Å². The average Bonchev–Trinajstić information content (AvgIpc) is 3.52. The lowest BCUT2D eigenvalue weighted by atomic mass is 9.82. The van der Waals surface area contributed by atoms with Crippen LogP contribution < -0.4 is 0 Å². The highest BCUT2D eigenvalue weighted by atomic mass is 16.6. The van der Waals surface area contributed by atoms with Gasteiger partial charge in [0, 0.05) is 42.6 Å². The van der Waals surface area contributed by atoms with Crippen LogP contribution in [-0.2, 0) is 15.9 Å². The molecule has 2 aliphatic heterocycles. The quantitative estimate of drug-likeness (QED) is 0.555. The van der Waals surface area contributed by atoms with Crippen molar-refractivity contribution in [3.05, 3.63) is 77.6 Å². The van der Waals surface area contributed by atoms with E-state index in [2.05, 4.69) is 62.3 Å². The molecule has 1 N–H and O–H groups in total. The van der Waals surface area contributed by atoms with E-state index >= 15 is 0 Å². The minimum absolute atomic E-state index is 0.0209. The summed E-state index contributed by atoms with van der Waals surface area (Å²) in [5.74, 6) is 0.0500. The van der Waals surface area contributed by atoms with Crippen molar-refractivity contribution in [1.29, 1.82) is 0 Å². The molecule has 6 rings (SSSR count). The third-order valence-corrected chi connectivity index (χ3v) is 8.12. The second kappa shape index (κ2) is 7.95. The van der Waals surface area contributed by atoms with Crippen molar-refractivity contribution >= 4 is 6.09 Å². The van der Waals surface area contributed by atoms with Crippen LogP contribution in [0.25, 0.3) is 11.1 Å². The van der Waals surface area contributed by atoms with Gasteiger partial charge in [-0.05, 0) is 55.9 Å². The van der Waals surface area contributed by atoms with Gasteiger partial charge in [0.25, 0.3) is 0 Å². The summed E-state index contributed by atoms with van der Waals surface area (Å²) in [6, 6.07) is 16.7. The fourth-order valence-electron chi connectivity index (χ4n) is 6.36.